The van der Waals surface area contributed by atoms with Crippen molar-refractivity contribution >= 4 is 43.6 Å². The van der Waals surface area contributed by atoms with Gasteiger partial charge in [-0.25, -0.2) is 9.97 Å². The predicted molar refractivity (Wildman–Crippen MR) is 185 cm³/mol. The van der Waals surface area contributed by atoms with Gasteiger partial charge in [0.05, 0.1) is 27.8 Å². The second kappa shape index (κ2) is 10.2. The van der Waals surface area contributed by atoms with Crippen molar-refractivity contribution in [2.45, 2.75) is 0 Å². The molecule has 0 spiro atoms. The zero-order valence-electron chi connectivity index (χ0n) is 24.3. The van der Waals surface area contributed by atoms with Gasteiger partial charge in [-0.2, -0.15) is 0 Å². The number of hydrogen-bond acceptors (Lipinski definition) is 3. The van der Waals surface area contributed by atoms with Crippen molar-refractivity contribution in [2.24, 2.45) is 0 Å². The SMILES string of the molecule is c1ccc(-c2nc3c4c(-c5ccc(-c6cnc7ccccc7c6)cc5)nc5ccccc5c4ccc3n2-c2ccccc2)cc1. The Balaban J connectivity index is 1.31. The molecule has 3 heterocycles. The fourth-order valence-electron chi connectivity index (χ4n) is 6.46. The maximum absolute atomic E-state index is 5.39. The standard InChI is InChI=1S/C41H26N4/c1-3-11-29(12-4-1)41-44-40-37(45(41)32-14-5-2-6-15-32)24-23-34-33-16-8-10-18-36(33)43-39(38(34)40)28-21-19-27(20-22-28)31-25-30-13-7-9-17-35(30)42-26-31/h1-26H. The lowest BCUT2D eigenvalue weighted by molar-refractivity contribution is 1.10. The largest absolute Gasteiger partial charge is 0.292 e. The molecule has 4 heteroatoms. The summed E-state index contributed by atoms with van der Waals surface area (Å²) in [6.07, 6.45) is 1.95. The monoisotopic (exact) mass is 574 g/mol. The van der Waals surface area contributed by atoms with Gasteiger partial charge in [0.15, 0.2) is 0 Å². The van der Waals surface area contributed by atoms with E-state index in [9.17, 15) is 0 Å². The lowest BCUT2D eigenvalue weighted by Gasteiger charge is -2.13. The molecule has 0 fully saturated rings. The topological polar surface area (TPSA) is 43.6 Å². The minimum Gasteiger partial charge on any atom is -0.292 e. The number of pyridine rings is 2. The van der Waals surface area contributed by atoms with E-state index in [1.54, 1.807) is 0 Å². The third kappa shape index (κ3) is 4.19. The first-order chi connectivity index (χ1) is 22.3. The molecule has 0 N–H and O–H groups in total. The molecule has 0 radical (unpaired) electrons. The molecule has 210 valence electrons. The molecule has 0 atom stereocenters. The number of benzene rings is 6. The Bertz CT molecular complexity index is 2520. The number of para-hydroxylation sites is 3. The Morgan fingerprint density at radius 3 is 1.98 bits per heavy atom. The lowest BCUT2D eigenvalue weighted by Crippen LogP contribution is -1.97. The van der Waals surface area contributed by atoms with Crippen molar-refractivity contribution in [3.63, 3.8) is 0 Å². The van der Waals surface area contributed by atoms with E-state index < -0.39 is 0 Å². The first-order valence-electron chi connectivity index (χ1n) is 15.1. The van der Waals surface area contributed by atoms with Crippen LogP contribution in [0.5, 0.6) is 0 Å². The fraction of sp³-hybridized carbons (Fsp3) is 0. The molecule has 0 aliphatic heterocycles. The summed E-state index contributed by atoms with van der Waals surface area (Å²) in [5.41, 5.74) is 10.3. The zero-order chi connectivity index (χ0) is 29.7. The molecule has 0 aliphatic rings. The normalized spacial score (nSPS) is 11.6. The van der Waals surface area contributed by atoms with Crippen LogP contribution in [0.4, 0.5) is 0 Å². The van der Waals surface area contributed by atoms with Gasteiger partial charge in [0.25, 0.3) is 0 Å². The van der Waals surface area contributed by atoms with Gasteiger partial charge < -0.3 is 0 Å². The van der Waals surface area contributed by atoms with Crippen molar-refractivity contribution in [1.29, 1.82) is 0 Å². The van der Waals surface area contributed by atoms with Crippen LogP contribution >= 0.6 is 0 Å². The van der Waals surface area contributed by atoms with E-state index in [2.05, 4.69) is 137 Å². The van der Waals surface area contributed by atoms with E-state index in [1.807, 2.05) is 30.5 Å². The second-order valence-electron chi connectivity index (χ2n) is 11.3. The van der Waals surface area contributed by atoms with Gasteiger partial charge in [0.1, 0.15) is 5.82 Å². The van der Waals surface area contributed by atoms with Crippen LogP contribution in [0.25, 0.3) is 83.1 Å². The van der Waals surface area contributed by atoms with Crippen molar-refractivity contribution in [2.75, 3.05) is 0 Å². The van der Waals surface area contributed by atoms with Crippen molar-refractivity contribution in [3.8, 4) is 39.5 Å². The minimum atomic E-state index is 0.905. The fourth-order valence-corrected chi connectivity index (χ4v) is 6.46. The highest BCUT2D eigenvalue weighted by molar-refractivity contribution is 6.20. The van der Waals surface area contributed by atoms with Crippen molar-refractivity contribution in [1.82, 2.24) is 19.5 Å². The summed E-state index contributed by atoms with van der Waals surface area (Å²) in [4.78, 5) is 15.4. The number of rotatable bonds is 4. The summed E-state index contributed by atoms with van der Waals surface area (Å²) < 4.78 is 2.26. The van der Waals surface area contributed by atoms with Gasteiger partial charge in [0, 0.05) is 44.7 Å². The number of fused-ring (bicyclic) bond motifs is 6. The van der Waals surface area contributed by atoms with Gasteiger partial charge in [-0.05, 0) is 47.3 Å². The van der Waals surface area contributed by atoms with E-state index in [-0.39, 0.29) is 0 Å². The first-order valence-corrected chi connectivity index (χ1v) is 15.1. The average Bonchev–Trinajstić information content (AvgIpc) is 3.52. The summed E-state index contributed by atoms with van der Waals surface area (Å²) >= 11 is 0. The third-order valence-electron chi connectivity index (χ3n) is 8.62. The van der Waals surface area contributed by atoms with Gasteiger partial charge in [-0.3, -0.25) is 9.55 Å². The molecule has 0 saturated heterocycles. The highest BCUT2D eigenvalue weighted by Gasteiger charge is 2.20. The number of aromatic nitrogens is 4. The van der Waals surface area contributed by atoms with E-state index in [0.717, 1.165) is 83.1 Å². The van der Waals surface area contributed by atoms with Gasteiger partial charge in [-0.1, -0.05) is 115 Å². The number of imidazole rings is 1. The van der Waals surface area contributed by atoms with Crippen molar-refractivity contribution < 1.29 is 0 Å². The van der Waals surface area contributed by atoms with Crippen LogP contribution in [0.2, 0.25) is 0 Å². The Kier molecular flexibility index (Phi) is 5.78. The summed E-state index contributed by atoms with van der Waals surface area (Å²) in [6, 6.07) is 52.8. The molecule has 4 nitrogen and oxygen atoms in total. The summed E-state index contributed by atoms with van der Waals surface area (Å²) in [5.74, 6) is 0.905. The highest BCUT2D eigenvalue weighted by Crippen LogP contribution is 2.40. The molecule has 0 saturated carbocycles. The Morgan fingerprint density at radius 2 is 1.16 bits per heavy atom. The van der Waals surface area contributed by atoms with Crippen LogP contribution in [-0.2, 0) is 0 Å². The third-order valence-corrected chi connectivity index (χ3v) is 8.62. The average molecular weight is 575 g/mol. The quantitative estimate of drug-likeness (QED) is 0.196. The maximum Gasteiger partial charge on any atom is 0.145 e. The Morgan fingerprint density at radius 1 is 0.467 bits per heavy atom. The molecule has 45 heavy (non-hydrogen) atoms. The van der Waals surface area contributed by atoms with Crippen LogP contribution in [0.1, 0.15) is 0 Å². The van der Waals surface area contributed by atoms with Gasteiger partial charge in [0.2, 0.25) is 0 Å². The molecule has 3 aromatic heterocycles. The molecule has 0 unspecified atom stereocenters. The molecular formula is C41H26N4. The molecule has 9 rings (SSSR count). The second-order valence-corrected chi connectivity index (χ2v) is 11.3. The number of nitrogens with zero attached hydrogens (tertiary/aromatic N) is 4. The molecule has 0 aliphatic carbocycles. The summed E-state index contributed by atoms with van der Waals surface area (Å²) in [7, 11) is 0. The molecule has 6 aromatic carbocycles. The Hall–Kier alpha value is -6.13. The van der Waals surface area contributed by atoms with E-state index in [1.165, 1.54) is 0 Å². The molecule has 9 aromatic rings. The minimum absolute atomic E-state index is 0.905. The van der Waals surface area contributed by atoms with Crippen LogP contribution in [0, 0.1) is 0 Å². The highest BCUT2D eigenvalue weighted by atomic mass is 15.1. The lowest BCUT2D eigenvalue weighted by atomic mass is 9.97. The van der Waals surface area contributed by atoms with Gasteiger partial charge >= 0.3 is 0 Å². The van der Waals surface area contributed by atoms with Crippen LogP contribution < -0.4 is 0 Å². The molecular weight excluding hydrogens is 548 g/mol. The van der Waals surface area contributed by atoms with Crippen molar-refractivity contribution in [3.05, 3.63) is 158 Å². The zero-order valence-corrected chi connectivity index (χ0v) is 24.3. The summed E-state index contributed by atoms with van der Waals surface area (Å²) in [6.45, 7) is 0. The van der Waals surface area contributed by atoms with Gasteiger partial charge in [-0.15, -0.1) is 0 Å². The first kappa shape index (κ1) is 25.4. The van der Waals surface area contributed by atoms with Crippen LogP contribution in [0.15, 0.2) is 158 Å². The number of hydrogen-bond donors (Lipinski definition) is 0. The molecule has 0 amide bonds. The summed E-state index contributed by atoms with van der Waals surface area (Å²) in [5, 5.41) is 4.45. The van der Waals surface area contributed by atoms with E-state index in [0.29, 0.717) is 0 Å². The van der Waals surface area contributed by atoms with E-state index in [4.69, 9.17) is 9.97 Å². The van der Waals surface area contributed by atoms with Crippen LogP contribution in [-0.4, -0.2) is 19.5 Å². The predicted octanol–water partition coefficient (Wildman–Crippen LogP) is 10.3. The molecule has 0 bridgehead atoms. The van der Waals surface area contributed by atoms with E-state index >= 15 is 0 Å². The smallest absolute Gasteiger partial charge is 0.145 e. The maximum atomic E-state index is 5.39. The van der Waals surface area contributed by atoms with Crippen LogP contribution in [0.3, 0.4) is 0 Å². The Labute approximate surface area is 259 Å².